The maximum Gasteiger partial charge on any atom is 0.134 e. The molecule has 1 N–H and O–H groups in total. The summed E-state index contributed by atoms with van der Waals surface area (Å²) in [4.78, 5) is 0. The van der Waals surface area contributed by atoms with E-state index in [1.54, 1.807) is 12.1 Å². The highest BCUT2D eigenvalue weighted by Gasteiger charge is 2.10. The Balaban J connectivity index is 3.12. The summed E-state index contributed by atoms with van der Waals surface area (Å²) >= 11 is 5.84. The first-order valence-electron chi connectivity index (χ1n) is 4.76. The molecule has 80 valence electrons. The van der Waals surface area contributed by atoms with Gasteiger partial charge in [0.05, 0.1) is 16.3 Å². The van der Waals surface area contributed by atoms with Gasteiger partial charge in [0.15, 0.2) is 0 Å². The highest BCUT2D eigenvalue weighted by Crippen LogP contribution is 2.20. The number of hydrogen-bond donors (Lipinski definition) is 1. The van der Waals surface area contributed by atoms with E-state index in [1.165, 1.54) is 12.1 Å². The molecule has 0 aromatic heterocycles. The Bertz CT molecular complexity index is 390. The van der Waals surface area contributed by atoms with Crippen LogP contribution in [-0.4, -0.2) is 5.71 Å². The van der Waals surface area contributed by atoms with E-state index in [0.29, 0.717) is 0 Å². The Labute approximate surface area is 94.1 Å². The van der Waals surface area contributed by atoms with E-state index in [-0.39, 0.29) is 16.3 Å². The fourth-order valence-corrected chi connectivity index (χ4v) is 1.44. The van der Waals surface area contributed by atoms with E-state index in [4.69, 9.17) is 17.0 Å². The summed E-state index contributed by atoms with van der Waals surface area (Å²) in [5.74, 6) is -0.451. The molecule has 0 aliphatic heterocycles. The highest BCUT2D eigenvalue weighted by molar-refractivity contribution is 6.34. The Hall–Kier alpha value is -1.15. The first kappa shape index (κ1) is 11.9. The standard InChI is InChI=1S/C12H13ClFN/c1-3-8(2)7-11(15)12-9(13)5-4-6-10(12)14/h4-7,15H,3H2,1-2H3. The summed E-state index contributed by atoms with van der Waals surface area (Å²) in [5, 5.41) is 8.02. The quantitative estimate of drug-likeness (QED) is 0.746. The average molecular weight is 226 g/mol. The van der Waals surface area contributed by atoms with Crippen LogP contribution in [0.4, 0.5) is 4.39 Å². The second-order valence-electron chi connectivity index (χ2n) is 3.35. The third-order valence-electron chi connectivity index (χ3n) is 2.18. The van der Waals surface area contributed by atoms with Crippen molar-refractivity contribution in [2.75, 3.05) is 0 Å². The molecule has 3 heteroatoms. The largest absolute Gasteiger partial charge is 0.300 e. The van der Waals surface area contributed by atoms with E-state index in [9.17, 15) is 4.39 Å². The van der Waals surface area contributed by atoms with E-state index in [2.05, 4.69) is 0 Å². The van der Waals surface area contributed by atoms with Gasteiger partial charge in [-0.25, -0.2) is 4.39 Å². The second kappa shape index (κ2) is 5.08. The SMILES string of the molecule is CCC(C)=CC(=N)c1c(F)cccc1Cl. The molecule has 1 nitrogen and oxygen atoms in total. The third-order valence-corrected chi connectivity index (χ3v) is 2.50. The van der Waals surface area contributed by atoms with Gasteiger partial charge in [-0.2, -0.15) is 0 Å². The maximum absolute atomic E-state index is 13.4. The van der Waals surface area contributed by atoms with Gasteiger partial charge in [0.2, 0.25) is 0 Å². The molecular formula is C12H13ClFN. The molecule has 0 aliphatic rings. The molecule has 0 unspecified atom stereocenters. The summed E-state index contributed by atoms with van der Waals surface area (Å²) in [7, 11) is 0. The summed E-state index contributed by atoms with van der Waals surface area (Å²) in [5.41, 5.74) is 1.32. The molecule has 0 aliphatic carbocycles. The van der Waals surface area contributed by atoms with Crippen molar-refractivity contribution in [3.8, 4) is 0 Å². The fraction of sp³-hybridized carbons (Fsp3) is 0.250. The van der Waals surface area contributed by atoms with Crippen molar-refractivity contribution < 1.29 is 4.39 Å². The number of benzene rings is 1. The first-order valence-corrected chi connectivity index (χ1v) is 5.14. The van der Waals surface area contributed by atoms with Crippen molar-refractivity contribution in [3.05, 3.63) is 46.3 Å². The molecule has 0 bridgehead atoms. The Morgan fingerprint density at radius 1 is 1.53 bits per heavy atom. The molecule has 0 atom stereocenters. The molecule has 0 heterocycles. The summed E-state index contributed by atoms with van der Waals surface area (Å²) < 4.78 is 13.4. The zero-order valence-electron chi connectivity index (χ0n) is 8.77. The molecule has 0 fully saturated rings. The Morgan fingerprint density at radius 3 is 2.73 bits per heavy atom. The molecule has 0 amide bonds. The van der Waals surface area contributed by atoms with Crippen molar-refractivity contribution in [1.82, 2.24) is 0 Å². The van der Waals surface area contributed by atoms with E-state index >= 15 is 0 Å². The minimum atomic E-state index is -0.451. The second-order valence-corrected chi connectivity index (χ2v) is 3.76. The van der Waals surface area contributed by atoms with Crippen molar-refractivity contribution in [2.24, 2.45) is 0 Å². The molecule has 0 radical (unpaired) electrons. The van der Waals surface area contributed by atoms with Gasteiger partial charge in [0, 0.05) is 0 Å². The van der Waals surface area contributed by atoms with Gasteiger partial charge in [-0.15, -0.1) is 0 Å². The number of halogens is 2. The first-order chi connectivity index (χ1) is 7.06. The normalized spacial score (nSPS) is 11.6. The van der Waals surface area contributed by atoms with Gasteiger partial charge in [-0.3, -0.25) is 0 Å². The molecule has 0 spiro atoms. The predicted octanol–water partition coefficient (Wildman–Crippen LogP) is 4.20. The van der Waals surface area contributed by atoms with Gasteiger partial charge in [-0.05, 0) is 31.6 Å². The zero-order chi connectivity index (χ0) is 11.4. The maximum atomic E-state index is 13.4. The van der Waals surface area contributed by atoms with Crippen LogP contribution in [0.5, 0.6) is 0 Å². The fourth-order valence-electron chi connectivity index (χ4n) is 1.18. The van der Waals surface area contributed by atoms with Crippen LogP contribution in [0.15, 0.2) is 29.8 Å². The van der Waals surface area contributed by atoms with E-state index in [0.717, 1.165) is 12.0 Å². The van der Waals surface area contributed by atoms with Gasteiger partial charge in [0.25, 0.3) is 0 Å². The summed E-state index contributed by atoms with van der Waals surface area (Å²) in [6, 6.07) is 4.43. The Morgan fingerprint density at radius 2 is 2.20 bits per heavy atom. The van der Waals surface area contributed by atoms with Gasteiger partial charge in [0.1, 0.15) is 5.82 Å². The number of allylic oxidation sites excluding steroid dienone is 2. The van der Waals surface area contributed by atoms with Crippen molar-refractivity contribution in [2.45, 2.75) is 20.3 Å². The summed E-state index contributed by atoms with van der Waals surface area (Å²) in [6.07, 6.45) is 2.48. The third kappa shape index (κ3) is 2.90. The minimum absolute atomic E-state index is 0.123. The lowest BCUT2D eigenvalue weighted by atomic mass is 10.1. The van der Waals surface area contributed by atoms with Crippen LogP contribution in [0, 0.1) is 11.2 Å². The van der Waals surface area contributed by atoms with Crippen LogP contribution < -0.4 is 0 Å². The van der Waals surface area contributed by atoms with Gasteiger partial charge in [-0.1, -0.05) is 30.2 Å². The summed E-state index contributed by atoms with van der Waals surface area (Å²) in [6.45, 7) is 3.89. The van der Waals surface area contributed by atoms with Crippen molar-refractivity contribution in [1.29, 1.82) is 5.41 Å². The highest BCUT2D eigenvalue weighted by atomic mass is 35.5. The van der Waals surface area contributed by atoms with Crippen molar-refractivity contribution in [3.63, 3.8) is 0 Å². The van der Waals surface area contributed by atoms with E-state index in [1.807, 2.05) is 13.8 Å². The average Bonchev–Trinajstić information content (AvgIpc) is 2.17. The molecule has 15 heavy (non-hydrogen) atoms. The van der Waals surface area contributed by atoms with Crippen LogP contribution in [0.1, 0.15) is 25.8 Å². The van der Waals surface area contributed by atoms with Crippen LogP contribution in [0.3, 0.4) is 0 Å². The number of hydrogen-bond acceptors (Lipinski definition) is 1. The lowest BCUT2D eigenvalue weighted by Gasteiger charge is -2.04. The minimum Gasteiger partial charge on any atom is -0.300 e. The molecule has 1 rings (SSSR count). The topological polar surface area (TPSA) is 23.9 Å². The molecule has 1 aromatic carbocycles. The Kier molecular flexibility index (Phi) is 4.04. The van der Waals surface area contributed by atoms with Crippen molar-refractivity contribution >= 4 is 17.3 Å². The smallest absolute Gasteiger partial charge is 0.134 e. The predicted molar refractivity (Wildman–Crippen MR) is 62.3 cm³/mol. The van der Waals surface area contributed by atoms with Crippen LogP contribution >= 0.6 is 11.6 Å². The molecule has 0 saturated carbocycles. The van der Waals surface area contributed by atoms with E-state index < -0.39 is 5.82 Å². The molecule has 0 saturated heterocycles. The number of rotatable bonds is 3. The zero-order valence-corrected chi connectivity index (χ0v) is 9.53. The lowest BCUT2D eigenvalue weighted by molar-refractivity contribution is 0.625. The van der Waals surface area contributed by atoms with Crippen LogP contribution in [0.25, 0.3) is 0 Å². The van der Waals surface area contributed by atoms with Gasteiger partial charge >= 0.3 is 0 Å². The van der Waals surface area contributed by atoms with Crippen LogP contribution in [0.2, 0.25) is 5.02 Å². The number of nitrogens with one attached hydrogen (secondary N) is 1. The molecular weight excluding hydrogens is 213 g/mol. The van der Waals surface area contributed by atoms with Crippen LogP contribution in [-0.2, 0) is 0 Å². The van der Waals surface area contributed by atoms with Gasteiger partial charge < -0.3 is 5.41 Å². The molecule has 1 aromatic rings. The lowest BCUT2D eigenvalue weighted by Crippen LogP contribution is -2.00. The monoisotopic (exact) mass is 225 g/mol.